The normalized spacial score (nSPS) is 9.78. The first kappa shape index (κ1) is 11.7. The second kappa shape index (κ2) is 4.63. The Bertz CT molecular complexity index is 644. The molecular formula is C13H8FN3O. The molecule has 1 aromatic carbocycles. The van der Waals surface area contributed by atoms with E-state index in [1.165, 1.54) is 36.4 Å². The Morgan fingerprint density at radius 3 is 2.50 bits per heavy atom. The van der Waals surface area contributed by atoms with E-state index >= 15 is 0 Å². The molecule has 0 spiro atoms. The van der Waals surface area contributed by atoms with Crippen LogP contribution in [0, 0.1) is 17.1 Å². The van der Waals surface area contributed by atoms with Crippen molar-refractivity contribution in [3.63, 3.8) is 0 Å². The number of nitrogen functional groups attached to an aromatic ring is 1. The molecule has 0 amide bonds. The van der Waals surface area contributed by atoms with Gasteiger partial charge in [-0.3, -0.25) is 4.79 Å². The second-order valence-electron chi connectivity index (χ2n) is 3.58. The van der Waals surface area contributed by atoms with Gasteiger partial charge in [0.1, 0.15) is 17.6 Å². The van der Waals surface area contributed by atoms with Gasteiger partial charge in [-0.15, -0.1) is 0 Å². The van der Waals surface area contributed by atoms with Crippen LogP contribution in [0.2, 0.25) is 0 Å². The van der Waals surface area contributed by atoms with Crippen molar-refractivity contribution in [2.75, 3.05) is 5.73 Å². The summed E-state index contributed by atoms with van der Waals surface area (Å²) < 4.78 is 12.7. The number of nitrogens with zero attached hydrogens (tertiary/aromatic N) is 2. The third kappa shape index (κ3) is 2.18. The number of hydrogen-bond donors (Lipinski definition) is 1. The van der Waals surface area contributed by atoms with E-state index in [9.17, 15) is 9.18 Å². The van der Waals surface area contributed by atoms with Crippen molar-refractivity contribution in [1.29, 1.82) is 5.26 Å². The summed E-state index contributed by atoms with van der Waals surface area (Å²) in [7, 11) is 0. The van der Waals surface area contributed by atoms with E-state index < -0.39 is 5.82 Å². The number of carbonyl (C=O) groups excluding carboxylic acids is 1. The van der Waals surface area contributed by atoms with Crippen LogP contribution in [0.1, 0.15) is 21.7 Å². The van der Waals surface area contributed by atoms with E-state index in [1.54, 1.807) is 6.07 Å². The molecule has 5 heteroatoms. The number of pyridine rings is 1. The number of aromatic nitrogens is 1. The Balaban J connectivity index is 2.40. The van der Waals surface area contributed by atoms with Crippen LogP contribution in [0.15, 0.2) is 36.4 Å². The minimum atomic E-state index is -0.422. The van der Waals surface area contributed by atoms with E-state index in [1.807, 2.05) is 0 Å². The highest BCUT2D eigenvalue weighted by atomic mass is 19.1. The molecule has 0 aliphatic carbocycles. The third-order valence-corrected chi connectivity index (χ3v) is 2.37. The lowest BCUT2D eigenvalue weighted by atomic mass is 10.1. The first-order valence-electron chi connectivity index (χ1n) is 5.08. The Hall–Kier alpha value is -2.74. The summed E-state index contributed by atoms with van der Waals surface area (Å²) >= 11 is 0. The van der Waals surface area contributed by atoms with Crippen LogP contribution in [-0.2, 0) is 0 Å². The van der Waals surface area contributed by atoms with E-state index in [0.717, 1.165) is 0 Å². The van der Waals surface area contributed by atoms with Gasteiger partial charge in [0.15, 0.2) is 5.69 Å². The number of nitrogens with two attached hydrogens (primary N) is 1. The van der Waals surface area contributed by atoms with Crippen molar-refractivity contribution in [3.05, 3.63) is 59.2 Å². The Morgan fingerprint density at radius 2 is 1.89 bits per heavy atom. The molecule has 1 heterocycles. The molecule has 0 bridgehead atoms. The fourth-order valence-corrected chi connectivity index (χ4v) is 1.44. The summed E-state index contributed by atoms with van der Waals surface area (Å²) in [5.41, 5.74) is 6.14. The van der Waals surface area contributed by atoms with E-state index in [2.05, 4.69) is 4.98 Å². The van der Waals surface area contributed by atoms with Crippen LogP contribution in [0.5, 0.6) is 0 Å². The number of carbonyl (C=O) groups is 1. The van der Waals surface area contributed by atoms with Gasteiger partial charge in [-0.1, -0.05) is 0 Å². The number of ketones is 1. The average Bonchev–Trinajstić information content (AvgIpc) is 2.39. The SMILES string of the molecule is N#Cc1nc(C(=O)c2ccc(F)cc2)ccc1N. The van der Waals surface area contributed by atoms with E-state index in [4.69, 9.17) is 11.0 Å². The van der Waals surface area contributed by atoms with Gasteiger partial charge in [0, 0.05) is 5.56 Å². The maximum atomic E-state index is 12.7. The molecule has 1 aromatic heterocycles. The molecule has 2 N–H and O–H groups in total. The van der Waals surface area contributed by atoms with Crippen molar-refractivity contribution in [2.24, 2.45) is 0 Å². The molecule has 0 aliphatic rings. The molecule has 18 heavy (non-hydrogen) atoms. The first-order valence-corrected chi connectivity index (χ1v) is 5.08. The van der Waals surface area contributed by atoms with Gasteiger partial charge in [-0.05, 0) is 36.4 Å². The number of halogens is 1. The van der Waals surface area contributed by atoms with Gasteiger partial charge >= 0.3 is 0 Å². The molecule has 0 saturated heterocycles. The van der Waals surface area contributed by atoms with Crippen molar-refractivity contribution < 1.29 is 9.18 Å². The van der Waals surface area contributed by atoms with Crippen LogP contribution >= 0.6 is 0 Å². The van der Waals surface area contributed by atoms with Crippen molar-refractivity contribution >= 4 is 11.5 Å². The molecule has 0 saturated carbocycles. The van der Waals surface area contributed by atoms with Crippen LogP contribution in [0.4, 0.5) is 10.1 Å². The smallest absolute Gasteiger partial charge is 0.211 e. The Labute approximate surface area is 102 Å². The fraction of sp³-hybridized carbons (Fsp3) is 0. The standard InChI is InChI=1S/C13H8FN3O/c14-9-3-1-8(2-4-9)13(18)11-6-5-10(16)12(7-15)17-11/h1-6H,16H2. The number of benzene rings is 1. The highest BCUT2D eigenvalue weighted by Gasteiger charge is 2.12. The number of hydrogen-bond acceptors (Lipinski definition) is 4. The van der Waals surface area contributed by atoms with Crippen LogP contribution in [0.25, 0.3) is 0 Å². The summed E-state index contributed by atoms with van der Waals surface area (Å²) in [6.07, 6.45) is 0. The monoisotopic (exact) mass is 241 g/mol. The molecule has 2 aromatic rings. The predicted octanol–water partition coefficient (Wildman–Crippen LogP) is 1.91. The van der Waals surface area contributed by atoms with Gasteiger partial charge in [-0.25, -0.2) is 9.37 Å². The fourth-order valence-electron chi connectivity index (χ4n) is 1.44. The Kier molecular flexibility index (Phi) is 3.02. The average molecular weight is 241 g/mol. The van der Waals surface area contributed by atoms with Crippen molar-refractivity contribution in [3.8, 4) is 6.07 Å². The van der Waals surface area contributed by atoms with E-state index in [-0.39, 0.29) is 22.9 Å². The molecule has 0 radical (unpaired) electrons. The van der Waals surface area contributed by atoms with Crippen molar-refractivity contribution in [1.82, 2.24) is 4.98 Å². The molecule has 0 atom stereocenters. The molecule has 4 nitrogen and oxygen atoms in total. The van der Waals surface area contributed by atoms with Crippen LogP contribution < -0.4 is 5.73 Å². The Morgan fingerprint density at radius 1 is 1.22 bits per heavy atom. The lowest BCUT2D eigenvalue weighted by molar-refractivity contribution is 0.103. The van der Waals surface area contributed by atoms with Crippen LogP contribution in [-0.4, -0.2) is 10.8 Å². The van der Waals surface area contributed by atoms with Gasteiger partial charge in [0.2, 0.25) is 5.78 Å². The lowest BCUT2D eigenvalue weighted by Crippen LogP contribution is -2.06. The van der Waals surface area contributed by atoms with Crippen LogP contribution in [0.3, 0.4) is 0 Å². The molecular weight excluding hydrogens is 233 g/mol. The minimum Gasteiger partial charge on any atom is -0.396 e. The predicted molar refractivity (Wildman–Crippen MR) is 63.2 cm³/mol. The quantitative estimate of drug-likeness (QED) is 0.814. The van der Waals surface area contributed by atoms with Gasteiger partial charge in [0.05, 0.1) is 5.69 Å². The zero-order valence-corrected chi connectivity index (χ0v) is 9.22. The highest BCUT2D eigenvalue weighted by Crippen LogP contribution is 2.13. The van der Waals surface area contributed by atoms with Gasteiger partial charge < -0.3 is 5.73 Å². The molecule has 0 fully saturated rings. The molecule has 2 rings (SSSR count). The molecule has 88 valence electrons. The summed E-state index contributed by atoms with van der Waals surface area (Å²) in [5, 5.41) is 8.78. The maximum absolute atomic E-state index is 12.7. The number of anilines is 1. The van der Waals surface area contributed by atoms with Gasteiger partial charge in [-0.2, -0.15) is 5.26 Å². The second-order valence-corrected chi connectivity index (χ2v) is 3.58. The topological polar surface area (TPSA) is 79.8 Å². The summed E-state index contributed by atoms with van der Waals surface area (Å²) in [4.78, 5) is 15.9. The zero-order valence-electron chi connectivity index (χ0n) is 9.22. The summed E-state index contributed by atoms with van der Waals surface area (Å²) in [6.45, 7) is 0. The largest absolute Gasteiger partial charge is 0.396 e. The zero-order chi connectivity index (χ0) is 13.1. The number of rotatable bonds is 2. The summed E-state index contributed by atoms with van der Waals surface area (Å²) in [5.74, 6) is -0.805. The highest BCUT2D eigenvalue weighted by molar-refractivity contribution is 6.07. The third-order valence-electron chi connectivity index (χ3n) is 2.37. The molecule has 0 unspecified atom stereocenters. The molecule has 0 aliphatic heterocycles. The van der Waals surface area contributed by atoms with Crippen molar-refractivity contribution in [2.45, 2.75) is 0 Å². The lowest BCUT2D eigenvalue weighted by Gasteiger charge is -2.02. The number of nitriles is 1. The maximum Gasteiger partial charge on any atom is 0.211 e. The van der Waals surface area contributed by atoms with Gasteiger partial charge in [0.25, 0.3) is 0 Å². The first-order chi connectivity index (χ1) is 8.61. The van der Waals surface area contributed by atoms with E-state index in [0.29, 0.717) is 5.56 Å². The summed E-state index contributed by atoms with van der Waals surface area (Å²) in [6, 6.07) is 9.79. The minimum absolute atomic E-state index is 0.00274.